The molecule has 3 aromatic rings. The molecule has 0 atom stereocenters. The van der Waals surface area contributed by atoms with Crippen LogP contribution in [-0.4, -0.2) is 25.0 Å². The number of phenolic OH excluding ortho intramolecular Hbond substituents is 1. The largest absolute Gasteiger partial charge is 0.507 e. The summed E-state index contributed by atoms with van der Waals surface area (Å²) >= 11 is 0. The topological polar surface area (TPSA) is 54.9 Å². The fraction of sp³-hybridized carbons (Fsp3) is 0.167. The Morgan fingerprint density at radius 3 is 2.55 bits per heavy atom. The van der Waals surface area contributed by atoms with Gasteiger partial charge in [0.05, 0.1) is 25.2 Å². The highest BCUT2D eigenvalue weighted by Crippen LogP contribution is 2.32. The minimum Gasteiger partial charge on any atom is -0.507 e. The number of nitrogens with one attached hydrogen (secondary N) is 1. The number of carbonyl (C=O) groups is 1. The Kier molecular flexibility index (Phi) is 3.69. The Morgan fingerprint density at radius 2 is 1.86 bits per heavy atom. The first kappa shape index (κ1) is 14.4. The second kappa shape index (κ2) is 5.66. The third-order valence-electron chi connectivity index (χ3n) is 3.63. The average Bonchev–Trinajstić information content (AvgIpc) is 2.94. The summed E-state index contributed by atoms with van der Waals surface area (Å²) in [7, 11) is 3.99. The molecule has 2 aromatic carbocycles. The summed E-state index contributed by atoms with van der Waals surface area (Å²) < 4.78 is 5.53. The van der Waals surface area contributed by atoms with Crippen LogP contribution >= 0.6 is 0 Å². The number of fused-ring (bicyclic) bond motifs is 1. The van der Waals surface area contributed by atoms with Crippen LogP contribution in [0.5, 0.6) is 5.75 Å². The van der Waals surface area contributed by atoms with Gasteiger partial charge < -0.3 is 14.4 Å². The molecule has 0 amide bonds. The lowest BCUT2D eigenvalue weighted by Gasteiger charge is -2.11. The second-order valence-corrected chi connectivity index (χ2v) is 5.66. The third kappa shape index (κ3) is 2.49. The van der Waals surface area contributed by atoms with Gasteiger partial charge >= 0.3 is 0 Å². The molecule has 0 saturated heterocycles. The molecule has 1 aromatic heterocycles. The van der Waals surface area contributed by atoms with Crippen molar-refractivity contribution in [3.05, 3.63) is 65.4 Å². The first-order chi connectivity index (χ1) is 10.6. The van der Waals surface area contributed by atoms with Crippen LogP contribution < -0.4 is 4.90 Å². The van der Waals surface area contributed by atoms with Crippen molar-refractivity contribution in [1.29, 1.82) is 0 Å². The molecule has 0 unspecified atom stereocenters. The Morgan fingerprint density at radius 1 is 1.14 bits per heavy atom. The van der Waals surface area contributed by atoms with Gasteiger partial charge in [0, 0.05) is 10.9 Å². The highest BCUT2D eigenvalue weighted by molar-refractivity contribution is 6.16. The predicted molar refractivity (Wildman–Crippen MR) is 84.3 cm³/mol. The van der Waals surface area contributed by atoms with Crippen molar-refractivity contribution < 1.29 is 19.2 Å². The van der Waals surface area contributed by atoms with Crippen LogP contribution in [0.25, 0.3) is 11.0 Å². The quantitative estimate of drug-likeness (QED) is 0.724. The molecule has 0 fully saturated rings. The summed E-state index contributed by atoms with van der Waals surface area (Å²) in [6.07, 6.45) is 1.48. The average molecular weight is 296 g/mol. The number of benzene rings is 2. The van der Waals surface area contributed by atoms with Gasteiger partial charge in [-0.1, -0.05) is 30.3 Å². The highest BCUT2D eigenvalue weighted by Gasteiger charge is 2.21. The Labute approximate surface area is 128 Å². The molecule has 0 aliphatic rings. The van der Waals surface area contributed by atoms with Crippen LogP contribution in [0.4, 0.5) is 0 Å². The Hall–Kier alpha value is -2.59. The fourth-order valence-electron chi connectivity index (χ4n) is 2.63. The Balaban J connectivity index is 2.19. The van der Waals surface area contributed by atoms with Gasteiger partial charge in [-0.2, -0.15) is 0 Å². The second-order valence-electron chi connectivity index (χ2n) is 5.66. The van der Waals surface area contributed by atoms with E-state index in [1.165, 1.54) is 6.26 Å². The van der Waals surface area contributed by atoms with E-state index in [-0.39, 0.29) is 11.5 Å². The monoisotopic (exact) mass is 296 g/mol. The molecule has 2 N–H and O–H groups in total. The molecule has 4 nitrogen and oxygen atoms in total. The number of quaternary nitrogens is 1. The summed E-state index contributed by atoms with van der Waals surface area (Å²) in [6, 6.07) is 12.4. The molecule has 0 aliphatic heterocycles. The maximum Gasteiger partial charge on any atom is 0.196 e. The van der Waals surface area contributed by atoms with E-state index in [0.29, 0.717) is 28.6 Å². The van der Waals surface area contributed by atoms with Crippen molar-refractivity contribution in [2.75, 3.05) is 14.1 Å². The maximum absolute atomic E-state index is 12.7. The smallest absolute Gasteiger partial charge is 0.196 e. The van der Waals surface area contributed by atoms with Gasteiger partial charge in [0.25, 0.3) is 0 Å². The van der Waals surface area contributed by atoms with E-state index in [1.54, 1.807) is 24.3 Å². The molecule has 22 heavy (non-hydrogen) atoms. The van der Waals surface area contributed by atoms with Gasteiger partial charge in [-0.25, -0.2) is 0 Å². The van der Waals surface area contributed by atoms with Crippen molar-refractivity contribution in [3.8, 4) is 5.75 Å². The molecule has 3 rings (SSSR count). The summed E-state index contributed by atoms with van der Waals surface area (Å²) in [5.41, 5.74) is 2.46. The normalized spacial score (nSPS) is 11.2. The van der Waals surface area contributed by atoms with Crippen LogP contribution in [0.15, 0.2) is 53.1 Å². The van der Waals surface area contributed by atoms with Gasteiger partial charge in [-0.05, 0) is 12.1 Å². The number of rotatable bonds is 4. The van der Waals surface area contributed by atoms with E-state index in [0.717, 1.165) is 10.5 Å². The number of aromatic hydroxyl groups is 1. The number of furan rings is 1. The molecular weight excluding hydrogens is 278 g/mol. The zero-order chi connectivity index (χ0) is 15.7. The van der Waals surface area contributed by atoms with E-state index >= 15 is 0 Å². The summed E-state index contributed by atoms with van der Waals surface area (Å²) in [6.45, 7) is 0.609. The molecule has 0 bridgehead atoms. The maximum atomic E-state index is 12.7. The van der Waals surface area contributed by atoms with E-state index in [9.17, 15) is 9.90 Å². The molecule has 4 heteroatoms. The minimum atomic E-state index is -0.0973. The van der Waals surface area contributed by atoms with Gasteiger partial charge in [0.1, 0.15) is 24.1 Å². The number of ketones is 1. The lowest BCUT2D eigenvalue weighted by molar-refractivity contribution is -0.872. The van der Waals surface area contributed by atoms with Crippen LogP contribution in [-0.2, 0) is 6.54 Å². The van der Waals surface area contributed by atoms with Crippen molar-refractivity contribution in [1.82, 2.24) is 0 Å². The van der Waals surface area contributed by atoms with Crippen LogP contribution in [0, 0.1) is 0 Å². The Bertz CT molecular complexity index is 819. The zero-order valence-electron chi connectivity index (χ0n) is 12.6. The molecule has 1 heterocycles. The molecule has 0 aliphatic carbocycles. The van der Waals surface area contributed by atoms with Crippen molar-refractivity contribution in [3.63, 3.8) is 0 Å². The predicted octanol–water partition coefficient (Wildman–Crippen LogP) is 2.01. The lowest BCUT2D eigenvalue weighted by atomic mass is 9.98. The van der Waals surface area contributed by atoms with Gasteiger partial charge in [-0.15, -0.1) is 0 Å². The zero-order valence-corrected chi connectivity index (χ0v) is 12.6. The first-order valence-electron chi connectivity index (χ1n) is 7.18. The number of hydrogen-bond acceptors (Lipinski definition) is 3. The molecule has 112 valence electrons. The summed E-state index contributed by atoms with van der Waals surface area (Å²) in [5.74, 6) is 0.0946. The van der Waals surface area contributed by atoms with E-state index in [2.05, 4.69) is 0 Å². The van der Waals surface area contributed by atoms with Crippen molar-refractivity contribution in [2.24, 2.45) is 0 Å². The van der Waals surface area contributed by atoms with Crippen molar-refractivity contribution in [2.45, 2.75) is 6.54 Å². The van der Waals surface area contributed by atoms with Gasteiger partial charge in [0.2, 0.25) is 0 Å². The molecule has 0 spiro atoms. The van der Waals surface area contributed by atoms with Gasteiger partial charge in [0.15, 0.2) is 5.78 Å². The van der Waals surface area contributed by atoms with E-state index < -0.39 is 0 Å². The van der Waals surface area contributed by atoms with Crippen LogP contribution in [0.1, 0.15) is 21.5 Å². The lowest BCUT2D eigenvalue weighted by Crippen LogP contribution is -3.04. The molecule has 0 saturated carbocycles. The highest BCUT2D eigenvalue weighted by atomic mass is 16.3. The standard InChI is InChI=1S/C18H17NO3/c1-19(2)10-13-15(20)8-9-16-17(13)14(11-22-16)18(21)12-6-4-3-5-7-12/h3-9,11,20H,10H2,1-2H3/p+1. The third-order valence-corrected chi connectivity index (χ3v) is 3.63. The summed E-state index contributed by atoms with van der Waals surface area (Å²) in [4.78, 5) is 13.9. The summed E-state index contributed by atoms with van der Waals surface area (Å²) in [5, 5.41) is 10.9. The fourth-order valence-corrected chi connectivity index (χ4v) is 2.63. The van der Waals surface area contributed by atoms with E-state index in [4.69, 9.17) is 4.42 Å². The SMILES string of the molecule is C[NH+](C)Cc1c(O)ccc2occ(C(=O)c3ccccc3)c12. The van der Waals surface area contributed by atoms with Crippen LogP contribution in [0.2, 0.25) is 0 Å². The van der Waals surface area contributed by atoms with Crippen LogP contribution in [0.3, 0.4) is 0 Å². The van der Waals surface area contributed by atoms with Gasteiger partial charge in [-0.3, -0.25) is 4.79 Å². The van der Waals surface area contributed by atoms with Crippen molar-refractivity contribution >= 4 is 16.8 Å². The number of hydrogen-bond donors (Lipinski definition) is 2. The minimum absolute atomic E-state index is 0.0973. The number of carbonyl (C=O) groups excluding carboxylic acids is 1. The first-order valence-corrected chi connectivity index (χ1v) is 7.18. The molecular formula is C18H18NO3+. The van der Waals surface area contributed by atoms with E-state index in [1.807, 2.05) is 32.3 Å². The number of phenols is 1. The molecule has 0 radical (unpaired) electrons.